The van der Waals surface area contributed by atoms with E-state index in [1.165, 1.54) is 25.7 Å². The van der Waals surface area contributed by atoms with Crippen LogP contribution in [0.3, 0.4) is 0 Å². The first-order valence-corrected chi connectivity index (χ1v) is 6.85. The molecule has 0 radical (unpaired) electrons. The zero-order valence-corrected chi connectivity index (χ0v) is 11.8. The highest BCUT2D eigenvalue weighted by Crippen LogP contribution is 2.17. The van der Waals surface area contributed by atoms with Gasteiger partial charge in [-0.25, -0.2) is 9.98 Å². The van der Waals surface area contributed by atoms with Crippen LogP contribution in [0.2, 0.25) is 0 Å². The second-order valence-corrected chi connectivity index (χ2v) is 5.21. The number of aromatic nitrogens is 1. The van der Waals surface area contributed by atoms with Gasteiger partial charge in [0.05, 0.1) is 12.2 Å². The molecule has 0 bridgehead atoms. The van der Waals surface area contributed by atoms with Crippen molar-refractivity contribution < 1.29 is 0 Å². The number of nitrogens with two attached hydrogens (primary N) is 1. The summed E-state index contributed by atoms with van der Waals surface area (Å²) in [7, 11) is 3.96. The number of guanidine groups is 1. The van der Waals surface area contributed by atoms with Gasteiger partial charge >= 0.3 is 0 Å². The lowest BCUT2D eigenvalue weighted by Gasteiger charge is -2.13. The van der Waals surface area contributed by atoms with Crippen molar-refractivity contribution in [1.82, 2.24) is 10.3 Å². The molecule has 1 aromatic rings. The smallest absolute Gasteiger partial charge is 0.189 e. The number of pyridine rings is 1. The maximum absolute atomic E-state index is 5.90. The molecular formula is C14H23N5. The van der Waals surface area contributed by atoms with Gasteiger partial charge in [-0.15, -0.1) is 0 Å². The molecule has 1 aromatic heterocycles. The minimum absolute atomic E-state index is 0.504. The lowest BCUT2D eigenvalue weighted by Crippen LogP contribution is -2.38. The largest absolute Gasteiger partial charge is 0.370 e. The van der Waals surface area contributed by atoms with Crippen molar-refractivity contribution in [3.05, 3.63) is 23.9 Å². The first-order valence-electron chi connectivity index (χ1n) is 6.85. The van der Waals surface area contributed by atoms with E-state index < -0.39 is 0 Å². The van der Waals surface area contributed by atoms with Gasteiger partial charge in [-0.1, -0.05) is 18.9 Å². The average Bonchev–Trinajstić information content (AvgIpc) is 2.89. The molecule has 0 spiro atoms. The Labute approximate surface area is 114 Å². The number of nitrogens with one attached hydrogen (secondary N) is 1. The van der Waals surface area contributed by atoms with E-state index in [2.05, 4.69) is 15.3 Å². The van der Waals surface area contributed by atoms with Gasteiger partial charge in [-0.2, -0.15) is 0 Å². The van der Waals surface area contributed by atoms with E-state index in [9.17, 15) is 0 Å². The van der Waals surface area contributed by atoms with Gasteiger partial charge < -0.3 is 16.0 Å². The van der Waals surface area contributed by atoms with Crippen LogP contribution in [0, 0.1) is 0 Å². The molecule has 0 aliphatic heterocycles. The Kier molecular flexibility index (Phi) is 4.60. The molecule has 1 aliphatic carbocycles. The summed E-state index contributed by atoms with van der Waals surface area (Å²) < 4.78 is 0. The summed E-state index contributed by atoms with van der Waals surface area (Å²) in [4.78, 5) is 10.9. The number of aliphatic imine (C=N–C) groups is 1. The Morgan fingerprint density at radius 3 is 2.84 bits per heavy atom. The van der Waals surface area contributed by atoms with Crippen LogP contribution >= 0.6 is 0 Å². The minimum Gasteiger partial charge on any atom is -0.370 e. The third kappa shape index (κ3) is 4.12. The zero-order chi connectivity index (χ0) is 13.7. The Hall–Kier alpha value is -1.78. The Balaban J connectivity index is 1.91. The molecular weight excluding hydrogens is 238 g/mol. The normalized spacial score (nSPS) is 16.6. The van der Waals surface area contributed by atoms with Gasteiger partial charge in [0.25, 0.3) is 0 Å². The molecule has 1 heterocycles. The SMILES string of the molecule is CN(C)c1cccc(CN=C(N)NC2CCCC2)n1. The van der Waals surface area contributed by atoms with Crippen molar-refractivity contribution in [2.24, 2.45) is 10.7 Å². The highest BCUT2D eigenvalue weighted by atomic mass is 15.1. The van der Waals surface area contributed by atoms with Gasteiger partial charge in [0.15, 0.2) is 5.96 Å². The number of nitrogens with zero attached hydrogens (tertiary/aromatic N) is 3. The fraction of sp³-hybridized carbons (Fsp3) is 0.571. The fourth-order valence-electron chi connectivity index (χ4n) is 2.30. The molecule has 19 heavy (non-hydrogen) atoms. The van der Waals surface area contributed by atoms with Gasteiger partial charge in [0, 0.05) is 20.1 Å². The lowest BCUT2D eigenvalue weighted by atomic mass is 10.2. The third-order valence-corrected chi connectivity index (χ3v) is 3.37. The van der Waals surface area contributed by atoms with E-state index in [0.29, 0.717) is 18.5 Å². The summed E-state index contributed by atoms with van der Waals surface area (Å²) in [5.41, 5.74) is 6.83. The van der Waals surface area contributed by atoms with Crippen molar-refractivity contribution in [2.45, 2.75) is 38.3 Å². The molecule has 2 rings (SSSR count). The maximum atomic E-state index is 5.90. The molecule has 1 saturated carbocycles. The van der Waals surface area contributed by atoms with Crippen molar-refractivity contribution in [3.63, 3.8) is 0 Å². The summed E-state index contributed by atoms with van der Waals surface area (Å²) in [5.74, 6) is 1.47. The molecule has 5 nitrogen and oxygen atoms in total. The van der Waals surface area contributed by atoms with Gasteiger partial charge in [0.1, 0.15) is 5.82 Å². The molecule has 5 heteroatoms. The number of hydrogen-bond acceptors (Lipinski definition) is 3. The quantitative estimate of drug-likeness (QED) is 0.636. The third-order valence-electron chi connectivity index (χ3n) is 3.37. The number of hydrogen-bond donors (Lipinski definition) is 2. The number of anilines is 1. The molecule has 0 aromatic carbocycles. The average molecular weight is 261 g/mol. The second-order valence-electron chi connectivity index (χ2n) is 5.21. The van der Waals surface area contributed by atoms with Crippen molar-refractivity contribution in [2.75, 3.05) is 19.0 Å². The van der Waals surface area contributed by atoms with Gasteiger partial charge in [-0.3, -0.25) is 0 Å². The fourth-order valence-corrected chi connectivity index (χ4v) is 2.30. The van der Waals surface area contributed by atoms with Gasteiger partial charge in [-0.05, 0) is 25.0 Å². The van der Waals surface area contributed by atoms with Crippen molar-refractivity contribution in [1.29, 1.82) is 0 Å². The van der Waals surface area contributed by atoms with E-state index in [4.69, 9.17) is 5.73 Å². The molecule has 104 valence electrons. The highest BCUT2D eigenvalue weighted by molar-refractivity contribution is 5.78. The molecule has 0 atom stereocenters. The van der Waals surface area contributed by atoms with Crippen LogP contribution in [0.5, 0.6) is 0 Å². The van der Waals surface area contributed by atoms with Crippen molar-refractivity contribution in [3.8, 4) is 0 Å². The van der Waals surface area contributed by atoms with Crippen LogP contribution in [0.1, 0.15) is 31.4 Å². The molecule has 1 fully saturated rings. The highest BCUT2D eigenvalue weighted by Gasteiger charge is 2.14. The summed E-state index contributed by atoms with van der Waals surface area (Å²) in [6.07, 6.45) is 4.98. The summed E-state index contributed by atoms with van der Waals surface area (Å²) in [6, 6.07) is 6.45. The Morgan fingerprint density at radius 2 is 2.16 bits per heavy atom. The van der Waals surface area contributed by atoms with E-state index >= 15 is 0 Å². The van der Waals surface area contributed by atoms with E-state index in [1.54, 1.807) is 0 Å². The molecule has 1 aliphatic rings. The minimum atomic E-state index is 0.504. The standard InChI is InChI=1S/C14H23N5/c1-19(2)13-9-5-8-12(17-13)10-16-14(15)18-11-6-3-4-7-11/h5,8-9,11H,3-4,6-7,10H2,1-2H3,(H3,15,16,18). The van der Waals surface area contributed by atoms with Gasteiger partial charge in [0.2, 0.25) is 0 Å². The molecule has 0 amide bonds. The van der Waals surface area contributed by atoms with Crippen LogP contribution in [0.25, 0.3) is 0 Å². The monoisotopic (exact) mass is 261 g/mol. The predicted octanol–water partition coefficient (Wildman–Crippen LogP) is 1.49. The van der Waals surface area contributed by atoms with E-state index in [-0.39, 0.29) is 0 Å². The van der Waals surface area contributed by atoms with Crippen LogP contribution in [-0.4, -0.2) is 31.1 Å². The summed E-state index contributed by atoms with van der Waals surface area (Å²) in [6.45, 7) is 0.521. The topological polar surface area (TPSA) is 66.5 Å². The second kappa shape index (κ2) is 6.41. The lowest BCUT2D eigenvalue weighted by molar-refractivity contribution is 0.625. The van der Waals surface area contributed by atoms with Crippen LogP contribution < -0.4 is 16.0 Å². The summed E-state index contributed by atoms with van der Waals surface area (Å²) in [5, 5.41) is 3.28. The first-order chi connectivity index (χ1) is 9.15. The molecule has 0 unspecified atom stereocenters. The van der Waals surface area contributed by atoms with Crippen LogP contribution in [-0.2, 0) is 6.54 Å². The Bertz CT molecular complexity index is 435. The maximum Gasteiger partial charge on any atom is 0.189 e. The molecule has 0 saturated heterocycles. The predicted molar refractivity (Wildman–Crippen MR) is 79.3 cm³/mol. The molecule has 3 N–H and O–H groups in total. The first kappa shape index (κ1) is 13.6. The summed E-state index contributed by atoms with van der Waals surface area (Å²) >= 11 is 0. The Morgan fingerprint density at radius 1 is 1.42 bits per heavy atom. The van der Waals surface area contributed by atoms with Crippen molar-refractivity contribution >= 4 is 11.8 Å². The van der Waals surface area contributed by atoms with Crippen LogP contribution in [0.4, 0.5) is 5.82 Å². The van der Waals surface area contributed by atoms with E-state index in [0.717, 1.165) is 11.5 Å². The van der Waals surface area contributed by atoms with Crippen LogP contribution in [0.15, 0.2) is 23.2 Å². The number of rotatable bonds is 4. The van der Waals surface area contributed by atoms with E-state index in [1.807, 2.05) is 37.2 Å². The zero-order valence-electron chi connectivity index (χ0n) is 11.8.